The van der Waals surface area contributed by atoms with Crippen molar-refractivity contribution >= 4 is 39.3 Å². The average Bonchev–Trinajstić information content (AvgIpc) is 3.47. The molecule has 0 aliphatic carbocycles. The van der Waals surface area contributed by atoms with Crippen LogP contribution in [0.2, 0.25) is 0 Å². The molecule has 9 nitrogen and oxygen atoms in total. The number of carbonyl (C=O) groups is 1. The molecule has 0 spiro atoms. The fraction of sp³-hybridized carbons (Fsp3) is 0.269. The summed E-state index contributed by atoms with van der Waals surface area (Å²) in [6.07, 6.45) is 1.74. The fourth-order valence-corrected chi connectivity index (χ4v) is 5.89. The minimum absolute atomic E-state index is 0.112. The fourth-order valence-electron chi connectivity index (χ4n) is 4.33. The number of ether oxygens (including phenoxy) is 5. The number of thiazole rings is 1. The second kappa shape index (κ2) is 10.1. The third-order valence-electron chi connectivity index (χ3n) is 6.02. The van der Waals surface area contributed by atoms with Crippen molar-refractivity contribution in [2.45, 2.75) is 19.9 Å². The molecule has 2 aromatic carbocycles. The molecule has 2 aliphatic rings. The van der Waals surface area contributed by atoms with Crippen LogP contribution in [0.3, 0.4) is 0 Å². The van der Waals surface area contributed by atoms with E-state index in [4.69, 9.17) is 23.7 Å². The Hall–Kier alpha value is -3.57. The molecule has 2 aliphatic heterocycles. The van der Waals surface area contributed by atoms with Crippen molar-refractivity contribution in [3.8, 4) is 23.0 Å². The Balaban J connectivity index is 1.73. The number of hydrogen-bond donors (Lipinski definition) is 0. The number of fused-ring (bicyclic) bond motifs is 2. The van der Waals surface area contributed by atoms with Crippen LogP contribution in [-0.4, -0.2) is 38.2 Å². The van der Waals surface area contributed by atoms with Gasteiger partial charge in [-0.05, 0) is 59.6 Å². The normalized spacial score (nSPS) is 16.4. The summed E-state index contributed by atoms with van der Waals surface area (Å²) in [7, 11) is 3.12. The molecule has 3 heterocycles. The van der Waals surface area contributed by atoms with E-state index < -0.39 is 12.0 Å². The number of benzene rings is 2. The van der Waals surface area contributed by atoms with Gasteiger partial charge in [-0.25, -0.2) is 9.79 Å². The first kappa shape index (κ1) is 25.1. The molecular formula is C26H23BrN2O7S. The van der Waals surface area contributed by atoms with Crippen LogP contribution in [0.5, 0.6) is 23.0 Å². The van der Waals surface area contributed by atoms with Crippen LogP contribution in [0.25, 0.3) is 6.08 Å². The van der Waals surface area contributed by atoms with Gasteiger partial charge in [-0.15, -0.1) is 0 Å². The van der Waals surface area contributed by atoms with Crippen molar-refractivity contribution in [3.05, 3.63) is 76.9 Å². The summed E-state index contributed by atoms with van der Waals surface area (Å²) >= 11 is 4.72. The number of carbonyl (C=O) groups excluding carboxylic acids is 1. The standard InChI is InChI=1S/C26H23BrN2O7S/c1-5-34-25(31)22-13(2)28-26-29(23(22)14-6-7-17-20(9-14)36-12-35-17)24(30)21(37-26)10-15-8-16(27)19(33-4)11-18(15)32-3/h6-11,23H,5,12H2,1-4H3/b21-10-/t23-/m1/s1. The number of esters is 1. The van der Waals surface area contributed by atoms with Gasteiger partial charge < -0.3 is 23.7 Å². The first-order chi connectivity index (χ1) is 17.9. The molecule has 0 bridgehead atoms. The Morgan fingerprint density at radius 1 is 1.19 bits per heavy atom. The number of allylic oxidation sites excluding steroid dienone is 1. The van der Waals surface area contributed by atoms with Gasteiger partial charge in [-0.2, -0.15) is 0 Å². The van der Waals surface area contributed by atoms with Crippen molar-refractivity contribution in [1.82, 2.24) is 4.57 Å². The monoisotopic (exact) mass is 586 g/mol. The molecule has 192 valence electrons. The molecule has 1 aromatic heterocycles. The summed E-state index contributed by atoms with van der Waals surface area (Å²) in [4.78, 5) is 32.0. The molecule has 11 heteroatoms. The molecule has 0 amide bonds. The van der Waals surface area contributed by atoms with Gasteiger partial charge in [0.2, 0.25) is 6.79 Å². The van der Waals surface area contributed by atoms with Crippen LogP contribution in [0.15, 0.2) is 55.9 Å². The van der Waals surface area contributed by atoms with Gasteiger partial charge >= 0.3 is 5.97 Å². The smallest absolute Gasteiger partial charge is 0.338 e. The zero-order valence-corrected chi connectivity index (χ0v) is 22.9. The minimum Gasteiger partial charge on any atom is -0.496 e. The molecule has 0 radical (unpaired) electrons. The van der Waals surface area contributed by atoms with Gasteiger partial charge in [-0.1, -0.05) is 17.4 Å². The Morgan fingerprint density at radius 2 is 1.95 bits per heavy atom. The lowest BCUT2D eigenvalue weighted by Crippen LogP contribution is -2.39. The van der Waals surface area contributed by atoms with Crippen LogP contribution in [0.1, 0.15) is 31.0 Å². The topological polar surface area (TPSA) is 97.6 Å². The van der Waals surface area contributed by atoms with Crippen LogP contribution >= 0.6 is 27.3 Å². The van der Waals surface area contributed by atoms with Gasteiger partial charge in [0, 0.05) is 11.6 Å². The Labute approximate surface area is 224 Å². The summed E-state index contributed by atoms with van der Waals surface area (Å²) in [5.41, 5.74) is 1.85. The summed E-state index contributed by atoms with van der Waals surface area (Å²) in [6, 6.07) is 8.18. The summed E-state index contributed by atoms with van der Waals surface area (Å²) in [5.74, 6) is 1.77. The predicted molar refractivity (Wildman–Crippen MR) is 140 cm³/mol. The Kier molecular flexibility index (Phi) is 6.82. The van der Waals surface area contributed by atoms with E-state index in [1.165, 1.54) is 15.9 Å². The second-order valence-electron chi connectivity index (χ2n) is 8.14. The number of halogens is 1. The third kappa shape index (κ3) is 4.42. The molecule has 0 fully saturated rings. The van der Waals surface area contributed by atoms with Crippen LogP contribution in [0.4, 0.5) is 0 Å². The maximum Gasteiger partial charge on any atom is 0.338 e. The van der Waals surface area contributed by atoms with Crippen LogP contribution < -0.4 is 33.8 Å². The van der Waals surface area contributed by atoms with Crippen LogP contribution in [-0.2, 0) is 9.53 Å². The van der Waals surface area contributed by atoms with Crippen molar-refractivity contribution in [1.29, 1.82) is 0 Å². The summed E-state index contributed by atoms with van der Waals surface area (Å²) in [5, 5.41) is 0. The highest BCUT2D eigenvalue weighted by molar-refractivity contribution is 9.10. The van der Waals surface area contributed by atoms with Crippen molar-refractivity contribution in [2.24, 2.45) is 4.99 Å². The lowest BCUT2D eigenvalue weighted by Gasteiger charge is -2.24. The predicted octanol–water partition coefficient (Wildman–Crippen LogP) is 3.31. The SMILES string of the molecule is CCOC(=O)C1=C(C)N=c2s/c(=C\c3cc(Br)c(OC)cc3OC)c(=O)n2[C@@H]1c1ccc2c(c1)OCO2. The van der Waals surface area contributed by atoms with E-state index in [1.54, 1.807) is 52.3 Å². The molecule has 3 aromatic rings. The number of hydrogen-bond acceptors (Lipinski definition) is 9. The number of nitrogens with zero attached hydrogens (tertiary/aromatic N) is 2. The third-order valence-corrected chi connectivity index (χ3v) is 7.62. The zero-order chi connectivity index (χ0) is 26.3. The van der Waals surface area contributed by atoms with Crippen molar-refractivity contribution < 1.29 is 28.5 Å². The van der Waals surface area contributed by atoms with E-state index in [9.17, 15) is 9.59 Å². The van der Waals surface area contributed by atoms with E-state index in [-0.39, 0.29) is 19.0 Å². The molecule has 5 rings (SSSR count). The molecule has 1 atom stereocenters. The van der Waals surface area contributed by atoms with Gasteiger partial charge in [-0.3, -0.25) is 9.36 Å². The van der Waals surface area contributed by atoms with E-state index in [1.807, 2.05) is 12.1 Å². The lowest BCUT2D eigenvalue weighted by molar-refractivity contribution is -0.139. The van der Waals surface area contributed by atoms with Crippen molar-refractivity contribution in [2.75, 3.05) is 27.6 Å². The quantitative estimate of drug-likeness (QED) is 0.409. The summed E-state index contributed by atoms with van der Waals surface area (Å²) in [6.45, 7) is 3.78. The molecule has 0 N–H and O–H groups in total. The minimum atomic E-state index is -0.753. The van der Waals surface area contributed by atoms with Gasteiger partial charge in [0.05, 0.1) is 47.1 Å². The average molecular weight is 587 g/mol. The highest BCUT2D eigenvalue weighted by atomic mass is 79.9. The van der Waals surface area contributed by atoms with E-state index in [2.05, 4.69) is 20.9 Å². The van der Waals surface area contributed by atoms with E-state index in [0.717, 1.165) is 0 Å². The summed E-state index contributed by atoms with van der Waals surface area (Å²) < 4.78 is 29.9. The molecule has 0 unspecified atom stereocenters. The lowest BCUT2D eigenvalue weighted by atomic mass is 9.95. The van der Waals surface area contributed by atoms with Crippen LogP contribution in [0, 0.1) is 0 Å². The van der Waals surface area contributed by atoms with E-state index >= 15 is 0 Å². The largest absolute Gasteiger partial charge is 0.496 e. The second-order valence-corrected chi connectivity index (χ2v) is 10.0. The highest BCUT2D eigenvalue weighted by Crippen LogP contribution is 2.38. The number of aromatic nitrogens is 1. The Morgan fingerprint density at radius 3 is 2.68 bits per heavy atom. The van der Waals surface area contributed by atoms with Gasteiger partial charge in [0.1, 0.15) is 11.5 Å². The molecule has 0 saturated carbocycles. The van der Waals surface area contributed by atoms with Gasteiger partial charge in [0.15, 0.2) is 16.3 Å². The first-order valence-corrected chi connectivity index (χ1v) is 13.0. The highest BCUT2D eigenvalue weighted by Gasteiger charge is 2.34. The first-order valence-electron chi connectivity index (χ1n) is 11.4. The number of rotatable bonds is 6. The maximum atomic E-state index is 13.9. The van der Waals surface area contributed by atoms with Crippen molar-refractivity contribution in [3.63, 3.8) is 0 Å². The van der Waals surface area contributed by atoms with Gasteiger partial charge in [0.25, 0.3) is 5.56 Å². The Bertz CT molecular complexity index is 1620. The molecular weight excluding hydrogens is 564 g/mol. The molecule has 0 saturated heterocycles. The number of methoxy groups -OCH3 is 2. The zero-order valence-electron chi connectivity index (χ0n) is 20.5. The molecule has 37 heavy (non-hydrogen) atoms. The maximum absolute atomic E-state index is 13.9. The van der Waals surface area contributed by atoms with E-state index in [0.29, 0.717) is 59.2 Å².